The summed E-state index contributed by atoms with van der Waals surface area (Å²) >= 11 is 1.58. The Bertz CT molecular complexity index is 566. The highest BCUT2D eigenvalue weighted by molar-refractivity contribution is 7.13. The van der Waals surface area contributed by atoms with Gasteiger partial charge in [0.05, 0.1) is 19.9 Å². The molecule has 6 heteroatoms. The number of aromatic nitrogens is 1. The van der Waals surface area contributed by atoms with Crippen LogP contribution in [0.1, 0.15) is 5.69 Å². The fraction of sp³-hybridized carbons (Fsp3) is 0.286. The molecule has 0 atom stereocenters. The van der Waals surface area contributed by atoms with E-state index in [9.17, 15) is 4.79 Å². The number of hydrogen-bond acceptors (Lipinski definition) is 5. The fourth-order valence-electron chi connectivity index (χ4n) is 1.65. The minimum atomic E-state index is -0.421. The van der Waals surface area contributed by atoms with E-state index in [1.54, 1.807) is 18.4 Å². The maximum Gasteiger partial charge on any atom is 0.406 e. The van der Waals surface area contributed by atoms with E-state index < -0.39 is 6.09 Å². The summed E-state index contributed by atoms with van der Waals surface area (Å²) in [4.78, 5) is 15.5. The predicted octanol–water partition coefficient (Wildman–Crippen LogP) is 2.72. The molecule has 0 bridgehead atoms. The van der Waals surface area contributed by atoms with E-state index in [4.69, 9.17) is 4.74 Å². The Hall–Kier alpha value is -2.08. The SMILES string of the molecule is COC(=O)NCCc1csc(-c2ccc(OC)cc2)n1. The number of thiazole rings is 1. The molecule has 0 saturated carbocycles. The minimum absolute atomic E-state index is 0.421. The number of alkyl carbamates (subject to hydrolysis) is 1. The van der Waals surface area contributed by atoms with E-state index in [1.165, 1.54) is 7.11 Å². The number of carbonyl (C=O) groups excluding carboxylic acids is 1. The third kappa shape index (κ3) is 3.71. The minimum Gasteiger partial charge on any atom is -0.497 e. The van der Waals surface area contributed by atoms with Crippen LogP contribution in [0.5, 0.6) is 5.75 Å². The van der Waals surface area contributed by atoms with Crippen LogP contribution in [0.3, 0.4) is 0 Å². The van der Waals surface area contributed by atoms with Gasteiger partial charge in [-0.1, -0.05) is 0 Å². The van der Waals surface area contributed by atoms with Gasteiger partial charge in [-0.05, 0) is 24.3 Å². The molecule has 0 saturated heterocycles. The first-order valence-corrected chi connectivity index (χ1v) is 7.01. The number of carbonyl (C=O) groups is 1. The largest absolute Gasteiger partial charge is 0.497 e. The molecule has 1 aromatic carbocycles. The van der Waals surface area contributed by atoms with Gasteiger partial charge >= 0.3 is 6.09 Å². The average Bonchev–Trinajstić information content (AvgIpc) is 2.96. The van der Waals surface area contributed by atoms with E-state index in [0.29, 0.717) is 13.0 Å². The zero-order valence-corrected chi connectivity index (χ0v) is 12.2. The van der Waals surface area contributed by atoms with Crippen LogP contribution in [-0.2, 0) is 11.2 Å². The van der Waals surface area contributed by atoms with Gasteiger partial charge < -0.3 is 14.8 Å². The summed E-state index contributed by atoms with van der Waals surface area (Å²) in [5.74, 6) is 0.827. The molecule has 1 amide bonds. The van der Waals surface area contributed by atoms with Crippen molar-refractivity contribution in [1.29, 1.82) is 0 Å². The van der Waals surface area contributed by atoms with Crippen LogP contribution in [0.4, 0.5) is 4.79 Å². The van der Waals surface area contributed by atoms with Gasteiger partial charge in [0.1, 0.15) is 10.8 Å². The summed E-state index contributed by atoms with van der Waals surface area (Å²) in [7, 11) is 2.99. The van der Waals surface area contributed by atoms with E-state index in [0.717, 1.165) is 22.0 Å². The monoisotopic (exact) mass is 292 g/mol. The molecule has 0 radical (unpaired) electrons. The van der Waals surface area contributed by atoms with Gasteiger partial charge in [0.15, 0.2) is 0 Å². The molecule has 20 heavy (non-hydrogen) atoms. The van der Waals surface area contributed by atoms with E-state index in [-0.39, 0.29) is 0 Å². The van der Waals surface area contributed by atoms with Crippen molar-refractivity contribution in [1.82, 2.24) is 10.3 Å². The van der Waals surface area contributed by atoms with Gasteiger partial charge in [0.2, 0.25) is 0 Å². The van der Waals surface area contributed by atoms with Gasteiger partial charge in [-0.25, -0.2) is 9.78 Å². The summed E-state index contributed by atoms with van der Waals surface area (Å²) in [6.45, 7) is 0.512. The fourth-order valence-corrected chi connectivity index (χ4v) is 2.51. The molecule has 1 aromatic heterocycles. The first kappa shape index (κ1) is 14.3. The van der Waals surface area contributed by atoms with Crippen molar-refractivity contribution in [3.05, 3.63) is 35.3 Å². The Kier molecular flexibility index (Phi) is 4.95. The highest BCUT2D eigenvalue weighted by Gasteiger charge is 2.06. The second-order valence-electron chi connectivity index (χ2n) is 4.04. The second-order valence-corrected chi connectivity index (χ2v) is 4.90. The normalized spacial score (nSPS) is 10.1. The van der Waals surface area contributed by atoms with Gasteiger partial charge in [-0.3, -0.25) is 0 Å². The maximum absolute atomic E-state index is 10.9. The number of hydrogen-bond donors (Lipinski definition) is 1. The average molecular weight is 292 g/mol. The van der Waals surface area contributed by atoms with Gasteiger partial charge in [-0.15, -0.1) is 11.3 Å². The number of nitrogens with one attached hydrogen (secondary N) is 1. The van der Waals surface area contributed by atoms with Crippen molar-refractivity contribution in [2.75, 3.05) is 20.8 Å². The highest BCUT2D eigenvalue weighted by atomic mass is 32.1. The van der Waals surface area contributed by atoms with Crippen LogP contribution < -0.4 is 10.1 Å². The third-order valence-electron chi connectivity index (χ3n) is 2.72. The third-order valence-corrected chi connectivity index (χ3v) is 3.66. The topological polar surface area (TPSA) is 60.5 Å². The van der Waals surface area contributed by atoms with Crippen molar-refractivity contribution in [3.63, 3.8) is 0 Å². The predicted molar refractivity (Wildman–Crippen MR) is 78.2 cm³/mol. The van der Waals surface area contributed by atoms with Crippen LogP contribution in [0.25, 0.3) is 10.6 Å². The van der Waals surface area contributed by atoms with Crippen molar-refractivity contribution >= 4 is 17.4 Å². The number of methoxy groups -OCH3 is 2. The van der Waals surface area contributed by atoms with Crippen molar-refractivity contribution in [2.45, 2.75) is 6.42 Å². The van der Waals surface area contributed by atoms with Gasteiger partial charge in [0, 0.05) is 23.9 Å². The lowest BCUT2D eigenvalue weighted by Gasteiger charge is -2.01. The maximum atomic E-state index is 10.9. The van der Waals surface area contributed by atoms with E-state index >= 15 is 0 Å². The van der Waals surface area contributed by atoms with Crippen LogP contribution in [-0.4, -0.2) is 31.8 Å². The van der Waals surface area contributed by atoms with Crippen LogP contribution in [0.2, 0.25) is 0 Å². The molecule has 0 aliphatic heterocycles. The summed E-state index contributed by atoms with van der Waals surface area (Å²) in [5.41, 5.74) is 2.01. The Morgan fingerprint density at radius 1 is 1.30 bits per heavy atom. The van der Waals surface area contributed by atoms with Crippen molar-refractivity contribution in [3.8, 4) is 16.3 Å². The molecule has 2 aromatic rings. The molecule has 0 unspecified atom stereocenters. The molecular formula is C14H16N2O3S. The second kappa shape index (κ2) is 6.91. The highest BCUT2D eigenvalue weighted by Crippen LogP contribution is 2.25. The summed E-state index contributed by atoms with van der Waals surface area (Å²) in [6, 6.07) is 7.78. The first-order valence-electron chi connectivity index (χ1n) is 6.13. The molecule has 0 spiro atoms. The molecule has 0 aliphatic rings. The molecule has 5 nitrogen and oxygen atoms in total. The molecule has 0 aliphatic carbocycles. The number of nitrogens with zero attached hydrogens (tertiary/aromatic N) is 1. The summed E-state index contributed by atoms with van der Waals surface area (Å²) in [5, 5.41) is 5.59. The Morgan fingerprint density at radius 3 is 2.70 bits per heavy atom. The quantitative estimate of drug-likeness (QED) is 0.920. The van der Waals surface area contributed by atoms with Gasteiger partial charge in [0.25, 0.3) is 0 Å². The smallest absolute Gasteiger partial charge is 0.406 e. The Labute approximate surface area is 121 Å². The Morgan fingerprint density at radius 2 is 2.05 bits per heavy atom. The van der Waals surface area contributed by atoms with Crippen molar-refractivity contribution in [2.24, 2.45) is 0 Å². The van der Waals surface area contributed by atoms with Gasteiger partial charge in [-0.2, -0.15) is 0 Å². The van der Waals surface area contributed by atoms with E-state index in [2.05, 4.69) is 15.0 Å². The summed E-state index contributed by atoms with van der Waals surface area (Å²) in [6.07, 6.45) is 0.262. The van der Waals surface area contributed by atoms with Crippen LogP contribution in [0.15, 0.2) is 29.6 Å². The molecule has 2 rings (SSSR count). The lowest BCUT2D eigenvalue weighted by molar-refractivity contribution is 0.171. The van der Waals surface area contributed by atoms with Crippen molar-refractivity contribution < 1.29 is 14.3 Å². The molecule has 1 heterocycles. The zero-order chi connectivity index (χ0) is 14.4. The van der Waals surface area contributed by atoms with E-state index in [1.807, 2.05) is 29.6 Å². The Balaban J connectivity index is 1.95. The number of benzene rings is 1. The first-order chi connectivity index (χ1) is 9.72. The number of amides is 1. The number of rotatable bonds is 5. The number of ether oxygens (including phenoxy) is 2. The lowest BCUT2D eigenvalue weighted by Crippen LogP contribution is -2.25. The molecule has 0 fully saturated rings. The molecular weight excluding hydrogens is 276 g/mol. The molecule has 106 valence electrons. The van der Waals surface area contributed by atoms with Crippen LogP contribution >= 0.6 is 11.3 Å². The molecule has 1 N–H and O–H groups in total. The summed E-state index contributed by atoms with van der Waals surface area (Å²) < 4.78 is 9.63. The zero-order valence-electron chi connectivity index (χ0n) is 11.4. The van der Waals surface area contributed by atoms with Crippen LogP contribution in [0, 0.1) is 0 Å². The lowest BCUT2D eigenvalue weighted by atomic mass is 10.2. The standard InChI is InChI=1S/C14H16N2O3S/c1-18-12-5-3-10(4-6-12)13-16-11(9-20-13)7-8-15-14(17)19-2/h3-6,9H,7-8H2,1-2H3,(H,15,17).